The van der Waals surface area contributed by atoms with Gasteiger partial charge in [0, 0.05) is 12.5 Å². The monoisotopic (exact) mass is 375 g/mol. The van der Waals surface area contributed by atoms with Crippen molar-refractivity contribution in [1.82, 2.24) is 5.32 Å². The van der Waals surface area contributed by atoms with Crippen LogP contribution in [0.1, 0.15) is 31.4 Å². The molecule has 0 bridgehead atoms. The van der Waals surface area contributed by atoms with Gasteiger partial charge in [-0.15, -0.1) is 0 Å². The third-order valence-electron chi connectivity index (χ3n) is 3.73. The van der Waals surface area contributed by atoms with Crippen molar-refractivity contribution in [3.8, 4) is 11.5 Å². The smallest absolute Gasteiger partial charge is 0.341 e. The lowest BCUT2D eigenvalue weighted by molar-refractivity contribution is -0.139. The lowest BCUT2D eigenvalue weighted by Crippen LogP contribution is -2.26. The van der Waals surface area contributed by atoms with Gasteiger partial charge in [-0.1, -0.05) is 18.2 Å². The molecule has 0 saturated heterocycles. The van der Waals surface area contributed by atoms with E-state index >= 15 is 0 Å². The maximum atomic E-state index is 13.0. The summed E-state index contributed by atoms with van der Waals surface area (Å²) < 4.78 is 23.5. The quantitative estimate of drug-likeness (QED) is 0.622. The van der Waals surface area contributed by atoms with E-state index in [4.69, 9.17) is 14.6 Å². The number of benzene rings is 2. The van der Waals surface area contributed by atoms with Crippen LogP contribution < -0.4 is 14.8 Å². The first-order valence-corrected chi connectivity index (χ1v) is 8.56. The van der Waals surface area contributed by atoms with Gasteiger partial charge in [-0.05, 0) is 43.2 Å². The fourth-order valence-electron chi connectivity index (χ4n) is 2.37. The molecule has 1 atom stereocenters. The van der Waals surface area contributed by atoms with Crippen LogP contribution in [0, 0.1) is 5.82 Å². The minimum Gasteiger partial charge on any atom is -0.493 e. The van der Waals surface area contributed by atoms with Gasteiger partial charge in [0.15, 0.2) is 6.61 Å². The SMILES string of the molecule is CC(NC(=O)CCCOc1cccc(F)c1)c1ccc(OCC(=O)O)cc1. The van der Waals surface area contributed by atoms with Gasteiger partial charge in [-0.25, -0.2) is 9.18 Å². The van der Waals surface area contributed by atoms with E-state index in [9.17, 15) is 14.0 Å². The normalized spacial score (nSPS) is 11.5. The Balaban J connectivity index is 1.70. The average molecular weight is 375 g/mol. The zero-order valence-corrected chi connectivity index (χ0v) is 15.0. The second-order valence-electron chi connectivity index (χ2n) is 5.95. The summed E-state index contributed by atoms with van der Waals surface area (Å²) in [7, 11) is 0. The number of nitrogens with one attached hydrogen (secondary N) is 1. The molecule has 27 heavy (non-hydrogen) atoms. The number of carboxylic acid groups (broad SMARTS) is 1. The van der Waals surface area contributed by atoms with E-state index in [1.165, 1.54) is 12.1 Å². The van der Waals surface area contributed by atoms with Crippen LogP contribution in [0.5, 0.6) is 11.5 Å². The zero-order valence-electron chi connectivity index (χ0n) is 15.0. The first kappa shape index (κ1) is 20.2. The molecule has 1 amide bonds. The van der Waals surface area contributed by atoms with Crippen LogP contribution in [0.25, 0.3) is 0 Å². The van der Waals surface area contributed by atoms with Crippen molar-refractivity contribution in [3.05, 3.63) is 59.9 Å². The topological polar surface area (TPSA) is 84.9 Å². The summed E-state index contributed by atoms with van der Waals surface area (Å²) >= 11 is 0. The van der Waals surface area contributed by atoms with Crippen molar-refractivity contribution in [3.63, 3.8) is 0 Å². The van der Waals surface area contributed by atoms with Gasteiger partial charge >= 0.3 is 5.97 Å². The molecule has 7 heteroatoms. The number of rotatable bonds is 10. The van der Waals surface area contributed by atoms with Crippen molar-refractivity contribution < 1.29 is 28.6 Å². The average Bonchev–Trinajstić information content (AvgIpc) is 2.64. The Morgan fingerprint density at radius 1 is 1.11 bits per heavy atom. The van der Waals surface area contributed by atoms with Crippen molar-refractivity contribution in [2.45, 2.75) is 25.8 Å². The Hall–Kier alpha value is -3.09. The number of carbonyl (C=O) groups excluding carboxylic acids is 1. The molecule has 1 unspecified atom stereocenters. The van der Waals surface area contributed by atoms with Gasteiger partial charge < -0.3 is 19.9 Å². The van der Waals surface area contributed by atoms with Crippen LogP contribution >= 0.6 is 0 Å². The predicted molar refractivity (Wildman–Crippen MR) is 97.3 cm³/mol. The van der Waals surface area contributed by atoms with Crippen molar-refractivity contribution in [2.24, 2.45) is 0 Å². The number of carboxylic acids is 1. The van der Waals surface area contributed by atoms with Gasteiger partial charge in [0.25, 0.3) is 0 Å². The largest absolute Gasteiger partial charge is 0.493 e. The summed E-state index contributed by atoms with van der Waals surface area (Å²) in [6, 6.07) is 12.5. The molecule has 0 aromatic heterocycles. The zero-order chi connectivity index (χ0) is 19.6. The van der Waals surface area contributed by atoms with Crippen LogP contribution in [0.3, 0.4) is 0 Å². The molecule has 0 saturated carbocycles. The van der Waals surface area contributed by atoms with Crippen LogP contribution in [0.4, 0.5) is 4.39 Å². The fraction of sp³-hybridized carbons (Fsp3) is 0.300. The van der Waals surface area contributed by atoms with Crippen LogP contribution in [-0.4, -0.2) is 30.2 Å². The Bertz CT molecular complexity index is 763. The molecule has 2 N–H and O–H groups in total. The highest BCUT2D eigenvalue weighted by atomic mass is 19.1. The van der Waals surface area contributed by atoms with Crippen LogP contribution in [0.2, 0.25) is 0 Å². The van der Waals surface area contributed by atoms with E-state index < -0.39 is 12.6 Å². The predicted octanol–water partition coefficient (Wildman–Crippen LogP) is 3.33. The molecule has 0 aliphatic rings. The number of halogens is 1. The Labute approximate surface area is 156 Å². The highest BCUT2D eigenvalue weighted by Crippen LogP contribution is 2.18. The van der Waals surface area contributed by atoms with E-state index in [0.717, 1.165) is 5.56 Å². The summed E-state index contributed by atoms with van der Waals surface area (Å²) in [5, 5.41) is 11.5. The fourth-order valence-corrected chi connectivity index (χ4v) is 2.37. The summed E-state index contributed by atoms with van der Waals surface area (Å²) in [6.45, 7) is 1.78. The first-order valence-electron chi connectivity index (χ1n) is 8.56. The Kier molecular flexibility index (Phi) is 7.61. The van der Waals surface area contributed by atoms with Crippen molar-refractivity contribution in [2.75, 3.05) is 13.2 Å². The summed E-state index contributed by atoms with van der Waals surface area (Å²) in [5.41, 5.74) is 0.877. The molecule has 0 spiro atoms. The van der Waals surface area contributed by atoms with Gasteiger partial charge in [0.2, 0.25) is 5.91 Å². The lowest BCUT2D eigenvalue weighted by Gasteiger charge is -2.15. The van der Waals surface area contributed by atoms with E-state index in [0.29, 0.717) is 30.9 Å². The minimum absolute atomic E-state index is 0.114. The lowest BCUT2D eigenvalue weighted by atomic mass is 10.1. The molecular formula is C20H22FNO5. The third-order valence-corrected chi connectivity index (χ3v) is 3.73. The summed E-state index contributed by atoms with van der Waals surface area (Å²) in [4.78, 5) is 22.5. The van der Waals surface area contributed by atoms with Gasteiger partial charge in [0.1, 0.15) is 17.3 Å². The van der Waals surface area contributed by atoms with E-state index in [1.54, 1.807) is 36.4 Å². The van der Waals surface area contributed by atoms with E-state index in [1.807, 2.05) is 6.92 Å². The number of ether oxygens (including phenoxy) is 2. The van der Waals surface area contributed by atoms with Crippen molar-refractivity contribution in [1.29, 1.82) is 0 Å². The molecule has 0 fully saturated rings. The van der Waals surface area contributed by atoms with Gasteiger partial charge in [-0.2, -0.15) is 0 Å². The summed E-state index contributed by atoms with van der Waals surface area (Å²) in [6.07, 6.45) is 0.802. The molecule has 0 heterocycles. The molecule has 2 rings (SSSR count). The van der Waals surface area contributed by atoms with E-state index in [2.05, 4.69) is 5.32 Å². The minimum atomic E-state index is -1.04. The van der Waals surface area contributed by atoms with Crippen molar-refractivity contribution >= 4 is 11.9 Å². The molecule has 144 valence electrons. The van der Waals surface area contributed by atoms with E-state index in [-0.39, 0.29) is 17.8 Å². The number of hydrogen-bond acceptors (Lipinski definition) is 4. The van der Waals surface area contributed by atoms with Gasteiger partial charge in [0.05, 0.1) is 12.6 Å². The second kappa shape index (κ2) is 10.2. The van der Waals surface area contributed by atoms with Gasteiger partial charge in [-0.3, -0.25) is 4.79 Å². The van der Waals surface area contributed by atoms with Crippen LogP contribution in [0.15, 0.2) is 48.5 Å². The summed E-state index contributed by atoms with van der Waals surface area (Å²) in [5.74, 6) is -0.626. The number of amides is 1. The molecule has 0 aliphatic carbocycles. The standard InChI is InChI=1S/C20H22FNO5/c1-14(15-7-9-17(10-8-15)27-13-20(24)25)22-19(23)6-3-11-26-18-5-2-4-16(21)12-18/h2,4-5,7-10,12,14H,3,6,11,13H2,1H3,(H,22,23)(H,24,25). The molecule has 0 aliphatic heterocycles. The highest BCUT2D eigenvalue weighted by molar-refractivity contribution is 5.76. The maximum absolute atomic E-state index is 13.0. The molecule has 2 aromatic carbocycles. The highest BCUT2D eigenvalue weighted by Gasteiger charge is 2.10. The number of aliphatic carboxylic acids is 1. The molecule has 2 aromatic rings. The maximum Gasteiger partial charge on any atom is 0.341 e. The number of hydrogen-bond donors (Lipinski definition) is 2. The number of carbonyl (C=O) groups is 2. The molecular weight excluding hydrogens is 353 g/mol. The Morgan fingerprint density at radius 2 is 1.85 bits per heavy atom. The third kappa shape index (κ3) is 7.35. The molecule has 6 nitrogen and oxygen atoms in total. The Morgan fingerprint density at radius 3 is 2.52 bits per heavy atom. The second-order valence-corrected chi connectivity index (χ2v) is 5.95. The van der Waals surface area contributed by atoms with Crippen LogP contribution in [-0.2, 0) is 9.59 Å². The molecule has 0 radical (unpaired) electrons. The first-order chi connectivity index (χ1) is 12.9.